The third-order valence-electron chi connectivity index (χ3n) is 4.81. The highest BCUT2D eigenvalue weighted by molar-refractivity contribution is 9.09. The molecule has 0 radical (unpaired) electrons. The second kappa shape index (κ2) is 6.60. The number of rotatable bonds is 2. The summed E-state index contributed by atoms with van der Waals surface area (Å²) in [6, 6.07) is 6.43. The molecule has 0 saturated heterocycles. The Morgan fingerprint density at radius 1 is 0.952 bits per heavy atom. The van der Waals surface area contributed by atoms with Gasteiger partial charge < -0.3 is 9.47 Å². The molecule has 0 amide bonds. The lowest BCUT2D eigenvalue weighted by Gasteiger charge is -2.30. The fraction of sp³-hybridized carbons (Fsp3) is 0.667. The van der Waals surface area contributed by atoms with Crippen LogP contribution in [0.15, 0.2) is 18.2 Å². The summed E-state index contributed by atoms with van der Waals surface area (Å²) in [6.07, 6.45) is 5.36. The summed E-state index contributed by atoms with van der Waals surface area (Å²) in [5.41, 5.74) is 1.33. The number of alkyl halides is 1. The first-order valence-electron chi connectivity index (χ1n) is 8.17. The molecule has 0 bridgehead atoms. The molecule has 2 atom stereocenters. The quantitative estimate of drug-likeness (QED) is 0.667. The Hall–Kier alpha value is -0.700. The first-order chi connectivity index (χ1) is 10.1. The van der Waals surface area contributed by atoms with Crippen LogP contribution in [0.4, 0.5) is 0 Å². The molecule has 1 aromatic rings. The van der Waals surface area contributed by atoms with Crippen molar-refractivity contribution < 1.29 is 9.47 Å². The maximum Gasteiger partial charge on any atom is 0.161 e. The van der Waals surface area contributed by atoms with E-state index in [1.54, 1.807) is 0 Å². The van der Waals surface area contributed by atoms with Crippen molar-refractivity contribution in [1.82, 2.24) is 0 Å². The number of fused-ring (bicyclic) bond motifs is 1. The Kier molecular flexibility index (Phi) is 4.78. The molecule has 1 fully saturated rings. The summed E-state index contributed by atoms with van der Waals surface area (Å²) in [4.78, 5) is 0.430. The first-order valence-corrected chi connectivity index (χ1v) is 9.08. The lowest BCUT2D eigenvalue weighted by atomic mass is 9.80. The molecule has 3 rings (SSSR count). The zero-order valence-electron chi connectivity index (χ0n) is 13.0. The lowest BCUT2D eigenvalue weighted by molar-refractivity contribution is 0.228. The highest BCUT2D eigenvalue weighted by Gasteiger charge is 2.26. The Bertz CT molecular complexity index is 480. The van der Waals surface area contributed by atoms with Gasteiger partial charge in [0.25, 0.3) is 0 Å². The minimum atomic E-state index is 0.430. The van der Waals surface area contributed by atoms with Crippen molar-refractivity contribution in [3.8, 4) is 11.5 Å². The van der Waals surface area contributed by atoms with Gasteiger partial charge in [-0.3, -0.25) is 0 Å². The van der Waals surface area contributed by atoms with Gasteiger partial charge in [0, 0.05) is 10.7 Å². The Morgan fingerprint density at radius 2 is 1.62 bits per heavy atom. The molecule has 1 aromatic carbocycles. The van der Waals surface area contributed by atoms with Crippen LogP contribution >= 0.6 is 15.9 Å². The van der Waals surface area contributed by atoms with Crippen LogP contribution in [0.2, 0.25) is 0 Å². The largest absolute Gasteiger partial charge is 0.489 e. The Labute approximate surface area is 136 Å². The molecule has 0 N–H and O–H groups in total. The van der Waals surface area contributed by atoms with Crippen LogP contribution in [0.1, 0.15) is 49.9 Å². The van der Waals surface area contributed by atoms with Crippen molar-refractivity contribution in [2.75, 3.05) is 13.2 Å². The third kappa shape index (κ3) is 3.56. The van der Waals surface area contributed by atoms with Crippen LogP contribution in [0.25, 0.3) is 0 Å². The summed E-state index contributed by atoms with van der Waals surface area (Å²) < 4.78 is 11.7. The van der Waals surface area contributed by atoms with Gasteiger partial charge in [-0.25, -0.2) is 0 Å². The zero-order chi connectivity index (χ0) is 14.8. The maximum absolute atomic E-state index is 5.91. The van der Waals surface area contributed by atoms with Crippen molar-refractivity contribution >= 4 is 15.9 Å². The fourth-order valence-electron chi connectivity index (χ4n) is 3.29. The molecule has 2 nitrogen and oxygen atoms in total. The minimum Gasteiger partial charge on any atom is -0.489 e. The van der Waals surface area contributed by atoms with E-state index >= 15 is 0 Å². The topological polar surface area (TPSA) is 18.5 Å². The standard InChI is InChI=1S/C18H25BrO2/c1-12-3-5-14(6-4-12)18(19)15-7-8-16-17(9-15)21-11-13(2)10-20-16/h7-9,12-14,18H,3-6,10-11H2,1-2H3. The third-order valence-corrected chi connectivity index (χ3v) is 6.08. The predicted molar refractivity (Wildman–Crippen MR) is 89.4 cm³/mol. The molecule has 1 aliphatic carbocycles. The fourth-order valence-corrected chi connectivity index (χ4v) is 4.10. The molecule has 0 spiro atoms. The van der Waals surface area contributed by atoms with Crippen molar-refractivity contribution in [3.05, 3.63) is 23.8 Å². The average molecular weight is 353 g/mol. The Balaban J connectivity index is 1.74. The second-order valence-corrected chi connectivity index (χ2v) is 7.84. The number of benzene rings is 1. The average Bonchev–Trinajstić information content (AvgIpc) is 2.69. The molecular weight excluding hydrogens is 328 g/mol. The molecule has 116 valence electrons. The van der Waals surface area contributed by atoms with Gasteiger partial charge in [-0.2, -0.15) is 0 Å². The smallest absolute Gasteiger partial charge is 0.161 e. The van der Waals surface area contributed by atoms with E-state index in [0.29, 0.717) is 10.7 Å². The van der Waals surface area contributed by atoms with Gasteiger partial charge in [-0.1, -0.05) is 48.7 Å². The van der Waals surface area contributed by atoms with E-state index in [1.807, 2.05) is 0 Å². The number of hydrogen-bond acceptors (Lipinski definition) is 2. The molecule has 0 aromatic heterocycles. The molecule has 1 saturated carbocycles. The van der Waals surface area contributed by atoms with Gasteiger partial charge in [-0.15, -0.1) is 0 Å². The number of halogens is 1. The highest BCUT2D eigenvalue weighted by atomic mass is 79.9. The lowest BCUT2D eigenvalue weighted by Crippen LogP contribution is -2.16. The molecule has 1 aliphatic heterocycles. The zero-order valence-corrected chi connectivity index (χ0v) is 14.6. The number of hydrogen-bond donors (Lipinski definition) is 0. The molecule has 2 aliphatic rings. The van der Waals surface area contributed by atoms with Crippen LogP contribution in [0.5, 0.6) is 11.5 Å². The molecule has 2 unspecified atom stereocenters. The van der Waals surface area contributed by atoms with Gasteiger partial charge in [0.1, 0.15) is 0 Å². The van der Waals surface area contributed by atoms with E-state index in [9.17, 15) is 0 Å². The van der Waals surface area contributed by atoms with E-state index in [4.69, 9.17) is 9.47 Å². The monoisotopic (exact) mass is 352 g/mol. The maximum atomic E-state index is 5.91. The highest BCUT2D eigenvalue weighted by Crippen LogP contribution is 2.43. The van der Waals surface area contributed by atoms with Gasteiger partial charge >= 0.3 is 0 Å². The SMILES string of the molecule is CC1CCC(C(Br)c2ccc3c(c2)OCC(C)CO3)CC1. The summed E-state index contributed by atoms with van der Waals surface area (Å²) in [7, 11) is 0. The van der Waals surface area contributed by atoms with Crippen LogP contribution in [-0.2, 0) is 0 Å². The van der Waals surface area contributed by atoms with E-state index in [-0.39, 0.29) is 0 Å². The van der Waals surface area contributed by atoms with E-state index in [1.165, 1.54) is 31.2 Å². The van der Waals surface area contributed by atoms with Gasteiger partial charge in [0.15, 0.2) is 11.5 Å². The molecular formula is C18H25BrO2. The molecule has 3 heteroatoms. The Morgan fingerprint density at radius 3 is 2.33 bits per heavy atom. The van der Waals surface area contributed by atoms with Crippen molar-refractivity contribution in [1.29, 1.82) is 0 Å². The van der Waals surface area contributed by atoms with Gasteiger partial charge in [-0.05, 0) is 42.4 Å². The molecule has 21 heavy (non-hydrogen) atoms. The van der Waals surface area contributed by atoms with Crippen molar-refractivity contribution in [3.63, 3.8) is 0 Å². The van der Waals surface area contributed by atoms with Crippen LogP contribution in [0, 0.1) is 17.8 Å². The first kappa shape index (κ1) is 15.2. The van der Waals surface area contributed by atoms with Crippen LogP contribution in [0.3, 0.4) is 0 Å². The second-order valence-electron chi connectivity index (χ2n) is 6.86. The summed E-state index contributed by atoms with van der Waals surface area (Å²) >= 11 is 3.93. The van der Waals surface area contributed by atoms with Gasteiger partial charge in [0.2, 0.25) is 0 Å². The minimum absolute atomic E-state index is 0.430. The van der Waals surface area contributed by atoms with Gasteiger partial charge in [0.05, 0.1) is 13.2 Å². The normalized spacial score (nSPS) is 30.5. The summed E-state index contributed by atoms with van der Waals surface area (Å²) in [5.74, 6) is 3.88. The molecule has 1 heterocycles. The van der Waals surface area contributed by atoms with Crippen LogP contribution < -0.4 is 9.47 Å². The summed E-state index contributed by atoms with van der Waals surface area (Å²) in [6.45, 7) is 6.01. The number of ether oxygens (including phenoxy) is 2. The van der Waals surface area contributed by atoms with E-state index in [2.05, 4.69) is 48.0 Å². The van der Waals surface area contributed by atoms with Crippen molar-refractivity contribution in [2.45, 2.75) is 44.4 Å². The van der Waals surface area contributed by atoms with Crippen LogP contribution in [-0.4, -0.2) is 13.2 Å². The van der Waals surface area contributed by atoms with E-state index in [0.717, 1.165) is 36.5 Å². The summed E-state index contributed by atoms with van der Waals surface area (Å²) in [5, 5.41) is 0. The van der Waals surface area contributed by atoms with Crippen molar-refractivity contribution in [2.24, 2.45) is 17.8 Å². The predicted octanol–water partition coefficient (Wildman–Crippen LogP) is 5.36. The van der Waals surface area contributed by atoms with E-state index < -0.39 is 0 Å².